The average molecular weight is 282 g/mol. The number of rotatable bonds is 5. The van der Waals surface area contributed by atoms with Gasteiger partial charge < -0.3 is 9.64 Å². The highest BCUT2D eigenvalue weighted by Gasteiger charge is 2.26. The predicted molar refractivity (Wildman–Crippen MR) is 77.4 cm³/mol. The lowest BCUT2D eigenvalue weighted by atomic mass is 10.0. The molecule has 2 heterocycles. The fourth-order valence-corrected chi connectivity index (χ4v) is 3.14. The van der Waals surface area contributed by atoms with Crippen LogP contribution in [-0.2, 0) is 9.53 Å². The Hall–Kier alpha value is -0.910. The van der Waals surface area contributed by atoms with Crippen LogP contribution in [0.25, 0.3) is 0 Å². The number of likely N-dealkylation sites (N-methyl/N-ethyl adjacent to an activating group) is 1. The van der Waals surface area contributed by atoms with Crippen LogP contribution in [0.1, 0.15) is 24.9 Å². The molecular weight excluding hydrogens is 260 g/mol. The summed E-state index contributed by atoms with van der Waals surface area (Å²) in [5.41, 5.74) is 1.24. The van der Waals surface area contributed by atoms with E-state index in [9.17, 15) is 4.79 Å². The minimum atomic E-state index is -0.0994. The van der Waals surface area contributed by atoms with Gasteiger partial charge in [-0.3, -0.25) is 9.69 Å². The van der Waals surface area contributed by atoms with Gasteiger partial charge in [0.15, 0.2) is 0 Å². The van der Waals surface area contributed by atoms with Gasteiger partial charge >= 0.3 is 5.97 Å². The first kappa shape index (κ1) is 14.5. The number of carbonyl (C=O) groups excluding carboxylic acids is 1. The monoisotopic (exact) mass is 282 g/mol. The van der Waals surface area contributed by atoms with Crippen LogP contribution >= 0.6 is 11.3 Å². The molecule has 1 unspecified atom stereocenters. The van der Waals surface area contributed by atoms with Crippen molar-refractivity contribution in [1.82, 2.24) is 9.80 Å². The fraction of sp³-hybridized carbons (Fsp3) is 0.643. The quantitative estimate of drug-likeness (QED) is 0.773. The molecule has 4 nitrogen and oxygen atoms in total. The van der Waals surface area contributed by atoms with Crippen LogP contribution < -0.4 is 0 Å². The van der Waals surface area contributed by atoms with E-state index in [1.165, 1.54) is 5.56 Å². The Balaban J connectivity index is 2.04. The number of carbonyl (C=O) groups is 1. The second-order valence-corrected chi connectivity index (χ2v) is 5.70. The highest BCUT2D eigenvalue weighted by molar-refractivity contribution is 7.07. The lowest BCUT2D eigenvalue weighted by Gasteiger charge is -2.37. The first-order valence-corrected chi connectivity index (χ1v) is 7.75. The number of hydrogen-bond acceptors (Lipinski definition) is 5. The molecule has 1 atom stereocenters. The molecular formula is C14H22N2O2S. The van der Waals surface area contributed by atoms with Crippen molar-refractivity contribution in [2.75, 3.05) is 39.8 Å². The summed E-state index contributed by atoms with van der Waals surface area (Å²) in [5.74, 6) is -0.0994. The van der Waals surface area contributed by atoms with Crippen molar-refractivity contribution in [3.63, 3.8) is 0 Å². The molecule has 0 amide bonds. The Morgan fingerprint density at radius 1 is 1.42 bits per heavy atom. The SMILES string of the molecule is CCOC(=O)CC(c1ccsc1)N1CCN(C)CC1. The van der Waals surface area contributed by atoms with Gasteiger partial charge in [-0.25, -0.2) is 0 Å². The highest BCUT2D eigenvalue weighted by Crippen LogP contribution is 2.27. The molecule has 0 spiro atoms. The van der Waals surface area contributed by atoms with Crippen molar-refractivity contribution in [1.29, 1.82) is 0 Å². The predicted octanol–water partition coefficient (Wildman–Crippen LogP) is 1.99. The largest absolute Gasteiger partial charge is 0.466 e. The van der Waals surface area contributed by atoms with E-state index in [0.29, 0.717) is 13.0 Å². The van der Waals surface area contributed by atoms with Crippen molar-refractivity contribution < 1.29 is 9.53 Å². The van der Waals surface area contributed by atoms with E-state index in [4.69, 9.17) is 4.74 Å². The van der Waals surface area contributed by atoms with Crippen LogP contribution in [0.4, 0.5) is 0 Å². The fourth-order valence-electron chi connectivity index (χ4n) is 2.43. The maximum absolute atomic E-state index is 11.8. The summed E-state index contributed by atoms with van der Waals surface area (Å²) in [4.78, 5) is 16.5. The maximum Gasteiger partial charge on any atom is 0.307 e. The summed E-state index contributed by atoms with van der Waals surface area (Å²) in [6.45, 7) is 6.45. The molecule has 1 aromatic rings. The molecule has 0 radical (unpaired) electrons. The van der Waals surface area contributed by atoms with Crippen molar-refractivity contribution in [2.24, 2.45) is 0 Å². The molecule has 106 valence electrons. The standard InChI is InChI=1S/C14H22N2O2S/c1-3-18-14(17)10-13(12-4-9-19-11-12)16-7-5-15(2)6-8-16/h4,9,11,13H,3,5-8,10H2,1-2H3. The summed E-state index contributed by atoms with van der Waals surface area (Å²) in [5, 5.41) is 4.21. The van der Waals surface area contributed by atoms with Crippen LogP contribution in [0.5, 0.6) is 0 Å². The van der Waals surface area contributed by atoms with Crippen LogP contribution in [0.2, 0.25) is 0 Å². The molecule has 0 aromatic carbocycles. The summed E-state index contributed by atoms with van der Waals surface area (Å²) in [6.07, 6.45) is 0.453. The van der Waals surface area contributed by atoms with E-state index in [0.717, 1.165) is 26.2 Å². The summed E-state index contributed by atoms with van der Waals surface area (Å²) >= 11 is 1.68. The molecule has 0 bridgehead atoms. The third-order valence-corrected chi connectivity index (χ3v) is 4.27. The number of thiophene rings is 1. The van der Waals surface area contributed by atoms with Crippen LogP contribution in [0, 0.1) is 0 Å². The molecule has 0 saturated carbocycles. The number of piperazine rings is 1. The first-order chi connectivity index (χ1) is 9.20. The van der Waals surface area contributed by atoms with E-state index in [-0.39, 0.29) is 12.0 Å². The molecule has 0 N–H and O–H groups in total. The topological polar surface area (TPSA) is 32.8 Å². The number of ether oxygens (including phenoxy) is 1. The number of nitrogens with zero attached hydrogens (tertiary/aromatic N) is 2. The van der Waals surface area contributed by atoms with Crippen molar-refractivity contribution in [3.8, 4) is 0 Å². The summed E-state index contributed by atoms with van der Waals surface area (Å²) < 4.78 is 5.11. The van der Waals surface area contributed by atoms with E-state index >= 15 is 0 Å². The molecule has 5 heteroatoms. The molecule has 1 saturated heterocycles. The van der Waals surface area contributed by atoms with Crippen LogP contribution in [0.15, 0.2) is 16.8 Å². The Morgan fingerprint density at radius 3 is 2.74 bits per heavy atom. The minimum Gasteiger partial charge on any atom is -0.466 e. The second kappa shape index (κ2) is 7.03. The lowest BCUT2D eigenvalue weighted by molar-refractivity contribution is -0.144. The molecule has 1 aromatic heterocycles. The molecule has 19 heavy (non-hydrogen) atoms. The minimum absolute atomic E-state index is 0.0994. The van der Waals surface area contributed by atoms with Gasteiger partial charge in [-0.1, -0.05) is 0 Å². The smallest absolute Gasteiger partial charge is 0.307 e. The van der Waals surface area contributed by atoms with Gasteiger partial charge in [0.2, 0.25) is 0 Å². The van der Waals surface area contributed by atoms with Gasteiger partial charge in [0.25, 0.3) is 0 Å². The van der Waals surface area contributed by atoms with Gasteiger partial charge in [0, 0.05) is 32.2 Å². The zero-order valence-corrected chi connectivity index (χ0v) is 12.5. The average Bonchev–Trinajstić information content (AvgIpc) is 2.91. The molecule has 0 aliphatic carbocycles. The molecule has 1 aliphatic rings. The lowest BCUT2D eigenvalue weighted by Crippen LogP contribution is -2.46. The van der Waals surface area contributed by atoms with Gasteiger partial charge in [0.05, 0.1) is 13.0 Å². The van der Waals surface area contributed by atoms with Gasteiger partial charge in [-0.2, -0.15) is 11.3 Å². The van der Waals surface area contributed by atoms with E-state index in [2.05, 4.69) is 33.7 Å². The van der Waals surface area contributed by atoms with Crippen LogP contribution in [-0.4, -0.2) is 55.6 Å². The second-order valence-electron chi connectivity index (χ2n) is 4.92. The van der Waals surface area contributed by atoms with E-state index in [1.807, 2.05) is 6.92 Å². The van der Waals surface area contributed by atoms with Gasteiger partial charge in [-0.05, 0) is 36.4 Å². The Morgan fingerprint density at radius 2 is 2.16 bits per heavy atom. The first-order valence-electron chi connectivity index (χ1n) is 6.81. The maximum atomic E-state index is 11.8. The highest BCUT2D eigenvalue weighted by atomic mass is 32.1. The number of esters is 1. The molecule has 1 fully saturated rings. The Kier molecular flexibility index (Phi) is 5.36. The summed E-state index contributed by atoms with van der Waals surface area (Å²) in [7, 11) is 2.14. The normalized spacial score (nSPS) is 19.3. The van der Waals surface area contributed by atoms with E-state index < -0.39 is 0 Å². The Bertz CT molecular complexity index is 386. The van der Waals surface area contributed by atoms with Crippen LogP contribution in [0.3, 0.4) is 0 Å². The van der Waals surface area contributed by atoms with Crippen molar-refractivity contribution >= 4 is 17.3 Å². The Labute approximate surface area is 119 Å². The van der Waals surface area contributed by atoms with E-state index in [1.54, 1.807) is 11.3 Å². The van der Waals surface area contributed by atoms with Crippen molar-refractivity contribution in [3.05, 3.63) is 22.4 Å². The third kappa shape index (κ3) is 4.03. The third-order valence-electron chi connectivity index (χ3n) is 3.57. The van der Waals surface area contributed by atoms with Gasteiger partial charge in [-0.15, -0.1) is 0 Å². The zero-order chi connectivity index (χ0) is 13.7. The van der Waals surface area contributed by atoms with Crippen molar-refractivity contribution in [2.45, 2.75) is 19.4 Å². The summed E-state index contributed by atoms with van der Waals surface area (Å²) in [6, 6.07) is 2.28. The molecule has 1 aliphatic heterocycles. The zero-order valence-electron chi connectivity index (χ0n) is 11.7. The molecule has 2 rings (SSSR count). The van der Waals surface area contributed by atoms with Gasteiger partial charge in [0.1, 0.15) is 0 Å². The number of hydrogen-bond donors (Lipinski definition) is 0.